The largest absolute Gasteiger partial charge is 0.370 e. The van der Waals surface area contributed by atoms with Crippen molar-refractivity contribution in [2.45, 2.75) is 38.5 Å². The van der Waals surface area contributed by atoms with Gasteiger partial charge in [-0.3, -0.25) is 4.79 Å². The summed E-state index contributed by atoms with van der Waals surface area (Å²) in [4.78, 5) is 10.8. The molecule has 0 saturated carbocycles. The molecular formula is C22H26F2N2O. The number of hydrogen-bond acceptors (Lipinski definition) is 2. The lowest BCUT2D eigenvalue weighted by Crippen LogP contribution is -2.10. The Morgan fingerprint density at radius 1 is 0.963 bits per heavy atom. The number of carbonyl (C=O) groups excluding carboxylic acids is 1. The maximum Gasteiger partial charge on any atom is 0.217 e. The molecule has 0 heterocycles. The van der Waals surface area contributed by atoms with Gasteiger partial charge in [-0.05, 0) is 55.2 Å². The fraction of sp³-hybridized carbons (Fsp3) is 0.318. The van der Waals surface area contributed by atoms with Crippen LogP contribution in [-0.4, -0.2) is 12.5 Å². The molecule has 5 heteroatoms. The van der Waals surface area contributed by atoms with Crippen LogP contribution in [0.15, 0.2) is 48.5 Å². The first kappa shape index (κ1) is 22.3. The third-order valence-corrected chi connectivity index (χ3v) is 3.99. The van der Waals surface area contributed by atoms with E-state index >= 15 is 0 Å². The Labute approximate surface area is 159 Å². The average Bonchev–Trinajstić information content (AvgIpc) is 2.65. The monoisotopic (exact) mass is 372 g/mol. The van der Waals surface area contributed by atoms with Crippen LogP contribution < -0.4 is 11.5 Å². The van der Waals surface area contributed by atoms with E-state index in [0.717, 1.165) is 24.0 Å². The molecule has 0 atom stereocenters. The summed E-state index contributed by atoms with van der Waals surface area (Å²) < 4.78 is 26.2. The van der Waals surface area contributed by atoms with Gasteiger partial charge in [-0.2, -0.15) is 0 Å². The van der Waals surface area contributed by atoms with Crippen LogP contribution in [-0.2, 0) is 4.79 Å². The van der Waals surface area contributed by atoms with E-state index < -0.39 is 0 Å². The quantitative estimate of drug-likeness (QED) is 0.567. The van der Waals surface area contributed by atoms with Crippen molar-refractivity contribution in [3.8, 4) is 11.8 Å². The molecule has 2 aromatic carbocycles. The lowest BCUT2D eigenvalue weighted by Gasteiger charge is -2.18. The summed E-state index contributed by atoms with van der Waals surface area (Å²) in [5, 5.41) is 0. The van der Waals surface area contributed by atoms with Crippen molar-refractivity contribution in [1.82, 2.24) is 0 Å². The molecule has 2 rings (SSSR count). The van der Waals surface area contributed by atoms with Gasteiger partial charge in [0.15, 0.2) is 0 Å². The highest BCUT2D eigenvalue weighted by atomic mass is 19.1. The predicted octanol–water partition coefficient (Wildman–Crippen LogP) is 4.11. The molecule has 0 unspecified atom stereocenters. The number of hydrogen-bond donors (Lipinski definition) is 2. The second-order valence-electron chi connectivity index (χ2n) is 6.00. The number of benzene rings is 2. The molecule has 2 aromatic rings. The van der Waals surface area contributed by atoms with Crippen LogP contribution in [0.1, 0.15) is 49.7 Å². The van der Waals surface area contributed by atoms with Crippen LogP contribution in [0.25, 0.3) is 0 Å². The zero-order chi connectivity index (χ0) is 20.1. The first-order valence-corrected chi connectivity index (χ1v) is 8.86. The second-order valence-corrected chi connectivity index (χ2v) is 6.00. The Morgan fingerprint density at radius 2 is 1.44 bits per heavy atom. The van der Waals surface area contributed by atoms with Crippen LogP contribution in [0.2, 0.25) is 0 Å². The van der Waals surface area contributed by atoms with E-state index in [1.54, 1.807) is 31.2 Å². The van der Waals surface area contributed by atoms with E-state index in [9.17, 15) is 13.6 Å². The van der Waals surface area contributed by atoms with Crippen LogP contribution in [0.4, 0.5) is 8.78 Å². The van der Waals surface area contributed by atoms with E-state index in [2.05, 4.69) is 11.8 Å². The lowest BCUT2D eigenvalue weighted by molar-refractivity contribution is -0.118. The van der Waals surface area contributed by atoms with Crippen molar-refractivity contribution < 1.29 is 13.6 Å². The van der Waals surface area contributed by atoms with E-state index in [1.807, 2.05) is 0 Å². The minimum absolute atomic E-state index is 0.0501. The van der Waals surface area contributed by atoms with Crippen LogP contribution in [0, 0.1) is 23.5 Å². The minimum Gasteiger partial charge on any atom is -0.370 e. The standard InChI is InChI=1S/C18H19F2NO.C4H7N/c19-15-9-5-13(6-10-15)17(3-1-2-4-18(21)22)14-7-11-16(20)12-8-14;1-2-3-4-5/h5-12,17H,1-4H2,(H2,21,22);4-5H2,1H3. The number of amides is 1. The van der Waals surface area contributed by atoms with Gasteiger partial charge in [0.25, 0.3) is 0 Å². The Hall–Kier alpha value is -2.71. The molecule has 0 aliphatic rings. The van der Waals surface area contributed by atoms with E-state index in [4.69, 9.17) is 11.5 Å². The summed E-state index contributed by atoms with van der Waals surface area (Å²) in [5.74, 6) is 4.46. The van der Waals surface area contributed by atoms with Crippen LogP contribution in [0.3, 0.4) is 0 Å². The van der Waals surface area contributed by atoms with Gasteiger partial charge in [0.2, 0.25) is 5.91 Å². The normalized spacial score (nSPS) is 9.81. The first-order valence-electron chi connectivity index (χ1n) is 8.86. The molecule has 0 saturated heterocycles. The summed E-state index contributed by atoms with van der Waals surface area (Å²) in [5.41, 5.74) is 12.1. The molecule has 3 nitrogen and oxygen atoms in total. The minimum atomic E-state index is -0.305. The van der Waals surface area contributed by atoms with Gasteiger partial charge in [0.05, 0.1) is 6.54 Å². The number of nitrogens with two attached hydrogens (primary N) is 2. The molecule has 1 amide bonds. The molecule has 27 heavy (non-hydrogen) atoms. The maximum absolute atomic E-state index is 13.1. The highest BCUT2D eigenvalue weighted by Gasteiger charge is 2.14. The highest BCUT2D eigenvalue weighted by molar-refractivity contribution is 5.73. The van der Waals surface area contributed by atoms with Crippen molar-refractivity contribution in [1.29, 1.82) is 0 Å². The van der Waals surface area contributed by atoms with Gasteiger partial charge in [0, 0.05) is 12.3 Å². The average molecular weight is 372 g/mol. The molecule has 4 N–H and O–H groups in total. The van der Waals surface area contributed by atoms with Crippen molar-refractivity contribution in [2.24, 2.45) is 11.5 Å². The molecule has 0 aliphatic heterocycles. The van der Waals surface area contributed by atoms with Gasteiger partial charge in [-0.1, -0.05) is 36.6 Å². The zero-order valence-electron chi connectivity index (χ0n) is 15.6. The van der Waals surface area contributed by atoms with Gasteiger partial charge < -0.3 is 11.5 Å². The summed E-state index contributed by atoms with van der Waals surface area (Å²) >= 11 is 0. The highest BCUT2D eigenvalue weighted by Crippen LogP contribution is 2.30. The molecule has 0 spiro atoms. The van der Waals surface area contributed by atoms with Crippen molar-refractivity contribution in [3.63, 3.8) is 0 Å². The van der Waals surface area contributed by atoms with Crippen molar-refractivity contribution in [2.75, 3.05) is 6.54 Å². The first-order chi connectivity index (χ1) is 13.0. The maximum atomic E-state index is 13.1. The summed E-state index contributed by atoms with van der Waals surface area (Å²) in [6, 6.07) is 12.7. The van der Waals surface area contributed by atoms with Gasteiger partial charge in [-0.25, -0.2) is 8.78 Å². The molecular weight excluding hydrogens is 346 g/mol. The summed E-state index contributed by atoms with van der Waals surface area (Å²) in [6.45, 7) is 2.25. The van der Waals surface area contributed by atoms with Gasteiger partial charge >= 0.3 is 0 Å². The topological polar surface area (TPSA) is 69.1 Å². The summed E-state index contributed by atoms with van der Waals surface area (Å²) in [6.07, 6.45) is 2.70. The Balaban J connectivity index is 0.000000646. The second kappa shape index (κ2) is 12.6. The Kier molecular flexibility index (Phi) is 10.4. The molecule has 0 aliphatic carbocycles. The third-order valence-electron chi connectivity index (χ3n) is 3.99. The van der Waals surface area contributed by atoms with Crippen LogP contribution in [0.5, 0.6) is 0 Å². The fourth-order valence-corrected chi connectivity index (χ4v) is 2.67. The molecule has 0 aromatic heterocycles. The number of carbonyl (C=O) groups is 1. The molecule has 0 radical (unpaired) electrons. The van der Waals surface area contributed by atoms with Crippen molar-refractivity contribution >= 4 is 5.91 Å². The predicted molar refractivity (Wildman–Crippen MR) is 105 cm³/mol. The third kappa shape index (κ3) is 8.98. The lowest BCUT2D eigenvalue weighted by atomic mass is 9.87. The van der Waals surface area contributed by atoms with E-state index in [-0.39, 0.29) is 23.5 Å². The van der Waals surface area contributed by atoms with Crippen LogP contribution >= 0.6 is 0 Å². The SMILES string of the molecule is CC#CCN.NC(=O)CCCCC(c1ccc(F)cc1)c1ccc(F)cc1. The summed E-state index contributed by atoms with van der Waals surface area (Å²) in [7, 11) is 0. The van der Waals surface area contributed by atoms with Gasteiger partial charge in [-0.15, -0.1) is 5.92 Å². The Morgan fingerprint density at radius 3 is 1.78 bits per heavy atom. The smallest absolute Gasteiger partial charge is 0.217 e. The fourth-order valence-electron chi connectivity index (χ4n) is 2.67. The molecule has 0 bridgehead atoms. The number of rotatable bonds is 7. The zero-order valence-corrected chi connectivity index (χ0v) is 15.6. The Bertz CT molecular complexity index is 701. The van der Waals surface area contributed by atoms with Gasteiger partial charge in [0.1, 0.15) is 11.6 Å². The van der Waals surface area contributed by atoms with Crippen molar-refractivity contribution in [3.05, 3.63) is 71.3 Å². The molecule has 0 fully saturated rings. The van der Waals surface area contributed by atoms with E-state index in [0.29, 0.717) is 19.4 Å². The number of halogens is 2. The molecule has 144 valence electrons. The number of primary amides is 1. The number of unbranched alkanes of at least 4 members (excludes halogenated alkanes) is 1. The van der Waals surface area contributed by atoms with E-state index in [1.165, 1.54) is 24.3 Å².